The van der Waals surface area contributed by atoms with E-state index in [4.69, 9.17) is 0 Å². The van der Waals surface area contributed by atoms with Crippen molar-refractivity contribution in [2.75, 3.05) is 0 Å². The van der Waals surface area contributed by atoms with E-state index in [2.05, 4.69) is 15.3 Å². The Bertz CT molecular complexity index is 586. The Kier molecular flexibility index (Phi) is 1.71. The van der Waals surface area contributed by atoms with Crippen LogP contribution < -0.4 is 0 Å². The highest BCUT2D eigenvalue weighted by molar-refractivity contribution is 5.79. The fourth-order valence-electron chi connectivity index (χ4n) is 1.51. The van der Waals surface area contributed by atoms with Gasteiger partial charge in [-0.15, -0.1) is 5.10 Å². The van der Waals surface area contributed by atoms with Gasteiger partial charge in [0.1, 0.15) is 0 Å². The second-order valence-corrected chi connectivity index (χ2v) is 3.21. The number of hydrogen-bond donors (Lipinski definition) is 0. The number of rotatable bonds is 1. The van der Waals surface area contributed by atoms with Gasteiger partial charge >= 0.3 is 0 Å². The minimum absolute atomic E-state index is 0.784. The monoisotopic (exact) mass is 196 g/mol. The van der Waals surface area contributed by atoms with Crippen molar-refractivity contribution in [2.45, 2.75) is 0 Å². The number of para-hydroxylation sites is 1. The quantitative estimate of drug-likeness (QED) is 0.596. The average molecular weight is 196 g/mol. The standard InChI is InChI=1S/C11H8N4/c1-2-4-10-9(3-1)5-6-11(13-10)15-8-7-12-14-15/h1-8H. The Hall–Kier alpha value is -2.23. The molecule has 0 N–H and O–H groups in total. The summed E-state index contributed by atoms with van der Waals surface area (Å²) in [7, 11) is 0. The van der Waals surface area contributed by atoms with Gasteiger partial charge in [0.2, 0.25) is 0 Å². The Balaban J connectivity index is 2.22. The number of pyridine rings is 1. The van der Waals surface area contributed by atoms with Gasteiger partial charge in [0.15, 0.2) is 5.82 Å². The number of hydrogen-bond acceptors (Lipinski definition) is 3. The molecule has 0 aliphatic carbocycles. The molecule has 0 radical (unpaired) electrons. The third-order valence-electron chi connectivity index (χ3n) is 2.24. The Morgan fingerprint density at radius 3 is 2.80 bits per heavy atom. The fourth-order valence-corrected chi connectivity index (χ4v) is 1.51. The lowest BCUT2D eigenvalue weighted by molar-refractivity contribution is 0.785. The summed E-state index contributed by atoms with van der Waals surface area (Å²) in [6.07, 6.45) is 3.41. The Morgan fingerprint density at radius 1 is 1.00 bits per heavy atom. The molecule has 0 aliphatic heterocycles. The van der Waals surface area contributed by atoms with Gasteiger partial charge in [-0.25, -0.2) is 9.67 Å². The molecule has 4 nitrogen and oxygen atoms in total. The number of nitrogens with zero attached hydrogens (tertiary/aromatic N) is 4. The van der Waals surface area contributed by atoms with Crippen molar-refractivity contribution in [3.05, 3.63) is 48.8 Å². The fraction of sp³-hybridized carbons (Fsp3) is 0. The van der Waals surface area contributed by atoms with E-state index in [-0.39, 0.29) is 0 Å². The van der Waals surface area contributed by atoms with Crippen LogP contribution in [-0.4, -0.2) is 20.0 Å². The lowest BCUT2D eigenvalue weighted by atomic mass is 10.2. The Labute approximate surface area is 86.2 Å². The van der Waals surface area contributed by atoms with Crippen LogP contribution in [0.2, 0.25) is 0 Å². The zero-order valence-corrected chi connectivity index (χ0v) is 7.91. The van der Waals surface area contributed by atoms with Gasteiger partial charge in [-0.3, -0.25) is 0 Å². The van der Waals surface area contributed by atoms with Crippen LogP contribution in [0.25, 0.3) is 16.7 Å². The first-order valence-corrected chi connectivity index (χ1v) is 4.66. The van der Waals surface area contributed by atoms with E-state index in [1.165, 1.54) is 0 Å². The molecule has 0 aliphatic rings. The molecule has 0 saturated heterocycles. The van der Waals surface area contributed by atoms with Gasteiger partial charge in [-0.1, -0.05) is 23.4 Å². The molecule has 4 heteroatoms. The lowest BCUT2D eigenvalue weighted by Gasteiger charge is -2.01. The van der Waals surface area contributed by atoms with E-state index in [0.717, 1.165) is 16.7 Å². The maximum Gasteiger partial charge on any atom is 0.155 e. The largest absolute Gasteiger partial charge is 0.229 e. The van der Waals surface area contributed by atoms with Crippen molar-refractivity contribution in [1.82, 2.24) is 20.0 Å². The summed E-state index contributed by atoms with van der Waals surface area (Å²) in [5.41, 5.74) is 0.963. The molecule has 15 heavy (non-hydrogen) atoms. The SMILES string of the molecule is c1ccc2nc(-n3ccnn3)ccc2c1. The zero-order chi connectivity index (χ0) is 10.1. The molecule has 2 heterocycles. The normalized spacial score (nSPS) is 10.7. The summed E-state index contributed by atoms with van der Waals surface area (Å²) in [5.74, 6) is 0.784. The second kappa shape index (κ2) is 3.16. The number of fused-ring (bicyclic) bond motifs is 1. The molecule has 2 aromatic heterocycles. The van der Waals surface area contributed by atoms with Crippen LogP contribution in [0, 0.1) is 0 Å². The van der Waals surface area contributed by atoms with Gasteiger partial charge in [0.25, 0.3) is 0 Å². The van der Waals surface area contributed by atoms with Crippen LogP contribution in [0.1, 0.15) is 0 Å². The maximum atomic E-state index is 4.48. The summed E-state index contributed by atoms with van der Waals surface area (Å²) in [6.45, 7) is 0. The highest BCUT2D eigenvalue weighted by Crippen LogP contribution is 2.13. The molecule has 3 aromatic rings. The molecular weight excluding hydrogens is 188 g/mol. The minimum atomic E-state index is 0.784. The second-order valence-electron chi connectivity index (χ2n) is 3.21. The van der Waals surface area contributed by atoms with E-state index in [9.17, 15) is 0 Å². The summed E-state index contributed by atoms with van der Waals surface area (Å²) in [5, 5.41) is 8.78. The number of aromatic nitrogens is 4. The van der Waals surface area contributed by atoms with Crippen molar-refractivity contribution in [1.29, 1.82) is 0 Å². The molecule has 0 saturated carbocycles. The van der Waals surface area contributed by atoms with Gasteiger partial charge in [0.05, 0.1) is 17.9 Å². The van der Waals surface area contributed by atoms with E-state index in [0.29, 0.717) is 0 Å². The minimum Gasteiger partial charge on any atom is -0.229 e. The van der Waals surface area contributed by atoms with Crippen molar-refractivity contribution in [2.24, 2.45) is 0 Å². The van der Waals surface area contributed by atoms with Crippen molar-refractivity contribution in [3.63, 3.8) is 0 Å². The molecule has 1 aromatic carbocycles. The van der Waals surface area contributed by atoms with Gasteiger partial charge in [-0.05, 0) is 18.2 Å². The van der Waals surface area contributed by atoms with Crippen molar-refractivity contribution >= 4 is 10.9 Å². The summed E-state index contributed by atoms with van der Waals surface area (Å²) < 4.78 is 1.65. The molecule has 0 fully saturated rings. The molecule has 72 valence electrons. The maximum absolute atomic E-state index is 4.48. The zero-order valence-electron chi connectivity index (χ0n) is 7.91. The predicted molar refractivity (Wildman–Crippen MR) is 56.7 cm³/mol. The Morgan fingerprint density at radius 2 is 1.93 bits per heavy atom. The molecule has 0 amide bonds. The smallest absolute Gasteiger partial charge is 0.155 e. The third-order valence-corrected chi connectivity index (χ3v) is 2.24. The third kappa shape index (κ3) is 1.36. The molecule has 3 rings (SSSR count). The van der Waals surface area contributed by atoms with Crippen molar-refractivity contribution < 1.29 is 0 Å². The first kappa shape index (κ1) is 8.11. The molecule has 0 atom stereocenters. The molecule has 0 spiro atoms. The van der Waals surface area contributed by atoms with Crippen LogP contribution in [0.4, 0.5) is 0 Å². The molecule has 0 unspecified atom stereocenters. The summed E-state index contributed by atoms with van der Waals surface area (Å²) in [6, 6.07) is 11.9. The van der Waals surface area contributed by atoms with E-state index in [1.54, 1.807) is 17.1 Å². The average Bonchev–Trinajstić information content (AvgIpc) is 2.82. The topological polar surface area (TPSA) is 43.6 Å². The van der Waals surface area contributed by atoms with Gasteiger partial charge in [-0.2, -0.15) is 0 Å². The summed E-state index contributed by atoms with van der Waals surface area (Å²) >= 11 is 0. The first-order valence-electron chi connectivity index (χ1n) is 4.66. The van der Waals surface area contributed by atoms with Crippen LogP contribution in [0.3, 0.4) is 0 Å². The predicted octanol–water partition coefficient (Wildman–Crippen LogP) is 1.82. The first-order chi connectivity index (χ1) is 7.43. The molecule has 0 bridgehead atoms. The molecular formula is C11H8N4. The number of benzene rings is 1. The van der Waals surface area contributed by atoms with Gasteiger partial charge in [0, 0.05) is 5.39 Å². The van der Waals surface area contributed by atoms with Crippen LogP contribution in [0.5, 0.6) is 0 Å². The van der Waals surface area contributed by atoms with E-state index < -0.39 is 0 Å². The van der Waals surface area contributed by atoms with E-state index >= 15 is 0 Å². The summed E-state index contributed by atoms with van der Waals surface area (Å²) in [4.78, 5) is 4.48. The highest BCUT2D eigenvalue weighted by Gasteiger charge is 1.99. The lowest BCUT2D eigenvalue weighted by Crippen LogP contribution is -1.98. The van der Waals surface area contributed by atoms with Crippen LogP contribution in [0.15, 0.2) is 48.8 Å². The van der Waals surface area contributed by atoms with Crippen LogP contribution >= 0.6 is 0 Å². The highest BCUT2D eigenvalue weighted by atomic mass is 15.4. The van der Waals surface area contributed by atoms with Gasteiger partial charge < -0.3 is 0 Å². The van der Waals surface area contributed by atoms with E-state index in [1.807, 2.05) is 36.4 Å². The van der Waals surface area contributed by atoms with Crippen molar-refractivity contribution in [3.8, 4) is 5.82 Å². The van der Waals surface area contributed by atoms with Crippen LogP contribution in [-0.2, 0) is 0 Å².